The number of hydrogen-bond donors (Lipinski definition) is 0. The highest BCUT2D eigenvalue weighted by atomic mass is 16.5. The molecule has 0 aliphatic carbocycles. The van der Waals surface area contributed by atoms with E-state index in [1.807, 2.05) is 6.07 Å². The minimum Gasteiger partial charge on any atom is -0.378 e. The molecule has 2 rings (SSSR count). The number of aromatic nitrogens is 1. The van der Waals surface area contributed by atoms with Gasteiger partial charge in [0.05, 0.1) is 6.10 Å². The molecule has 16 heavy (non-hydrogen) atoms. The highest BCUT2D eigenvalue weighted by Gasteiger charge is 2.15. The fourth-order valence-electron chi connectivity index (χ4n) is 2.03. The summed E-state index contributed by atoms with van der Waals surface area (Å²) >= 11 is 0. The van der Waals surface area contributed by atoms with Gasteiger partial charge in [0.15, 0.2) is 5.78 Å². The van der Waals surface area contributed by atoms with E-state index < -0.39 is 0 Å². The minimum atomic E-state index is 0.186. The normalized spacial score (nSPS) is 19.9. The number of carbonyl (C=O) groups excluding carboxylic acids is 1. The summed E-state index contributed by atoms with van der Waals surface area (Å²) in [7, 11) is 0. The molecule has 1 saturated heterocycles. The number of Topliss-reactive ketones (excluding diaryl/α,β-unsaturated/α-hetero) is 1. The van der Waals surface area contributed by atoms with Crippen molar-refractivity contribution in [2.24, 2.45) is 0 Å². The maximum Gasteiger partial charge on any atom is 0.164 e. The monoisotopic (exact) mass is 219 g/mol. The van der Waals surface area contributed by atoms with Crippen LogP contribution in [0.1, 0.15) is 42.5 Å². The number of pyridine rings is 1. The van der Waals surface area contributed by atoms with Gasteiger partial charge in [-0.1, -0.05) is 0 Å². The second kappa shape index (κ2) is 5.75. The predicted octanol–water partition coefficient (Wildman–Crippen LogP) is 2.61. The zero-order valence-electron chi connectivity index (χ0n) is 9.39. The molecule has 86 valence electrons. The van der Waals surface area contributed by atoms with Crippen LogP contribution < -0.4 is 0 Å². The largest absolute Gasteiger partial charge is 0.378 e. The van der Waals surface area contributed by atoms with Crippen molar-refractivity contribution in [3.05, 3.63) is 30.1 Å². The van der Waals surface area contributed by atoms with E-state index in [0.717, 1.165) is 31.4 Å². The van der Waals surface area contributed by atoms with E-state index in [1.165, 1.54) is 6.42 Å². The summed E-state index contributed by atoms with van der Waals surface area (Å²) < 4.78 is 5.52. The van der Waals surface area contributed by atoms with Crippen molar-refractivity contribution in [3.8, 4) is 0 Å². The van der Waals surface area contributed by atoms with Gasteiger partial charge >= 0.3 is 0 Å². The van der Waals surface area contributed by atoms with Crippen LogP contribution >= 0.6 is 0 Å². The highest BCUT2D eigenvalue weighted by Crippen LogP contribution is 2.18. The number of hydrogen-bond acceptors (Lipinski definition) is 3. The molecule has 0 N–H and O–H groups in total. The summed E-state index contributed by atoms with van der Waals surface area (Å²) in [6, 6.07) is 3.62. The second-order valence-electron chi connectivity index (χ2n) is 4.19. The fraction of sp³-hybridized carbons (Fsp3) is 0.538. The maximum atomic E-state index is 11.7. The number of ether oxygens (including phenoxy) is 1. The fourth-order valence-corrected chi connectivity index (χ4v) is 2.03. The number of nitrogens with zero attached hydrogens (tertiary/aromatic N) is 1. The van der Waals surface area contributed by atoms with Gasteiger partial charge in [-0.25, -0.2) is 0 Å². The second-order valence-corrected chi connectivity index (χ2v) is 4.19. The van der Waals surface area contributed by atoms with E-state index in [-0.39, 0.29) is 5.78 Å². The Balaban J connectivity index is 1.71. The summed E-state index contributed by atoms with van der Waals surface area (Å²) in [6.45, 7) is 0.890. The van der Waals surface area contributed by atoms with E-state index in [9.17, 15) is 4.79 Å². The summed E-state index contributed by atoms with van der Waals surface area (Å²) in [4.78, 5) is 15.7. The summed E-state index contributed by atoms with van der Waals surface area (Å²) in [6.07, 6.45) is 8.55. The van der Waals surface area contributed by atoms with Gasteiger partial charge in [0.1, 0.15) is 0 Å². The van der Waals surface area contributed by atoms with Gasteiger partial charge in [-0.15, -0.1) is 0 Å². The molecule has 0 aromatic carbocycles. The first-order chi connectivity index (χ1) is 7.86. The van der Waals surface area contributed by atoms with Gasteiger partial charge in [0, 0.05) is 31.0 Å². The van der Waals surface area contributed by atoms with Crippen molar-refractivity contribution in [2.45, 2.75) is 38.2 Å². The number of carbonyl (C=O) groups is 1. The van der Waals surface area contributed by atoms with Crippen molar-refractivity contribution in [3.63, 3.8) is 0 Å². The molecular formula is C13H17NO2. The van der Waals surface area contributed by atoms with E-state index in [1.54, 1.807) is 18.5 Å². The molecule has 1 aromatic heterocycles. The van der Waals surface area contributed by atoms with E-state index in [2.05, 4.69) is 4.98 Å². The Morgan fingerprint density at radius 2 is 2.50 bits per heavy atom. The topological polar surface area (TPSA) is 39.2 Å². The van der Waals surface area contributed by atoms with Crippen molar-refractivity contribution < 1.29 is 9.53 Å². The van der Waals surface area contributed by atoms with Crippen LogP contribution in [0.15, 0.2) is 24.5 Å². The van der Waals surface area contributed by atoms with E-state index in [0.29, 0.717) is 12.5 Å². The zero-order chi connectivity index (χ0) is 11.2. The Bertz CT molecular complexity index is 331. The standard InChI is InChI=1S/C13H17NO2/c15-13(11-4-2-8-14-10-11)7-1-5-12-6-3-9-16-12/h2,4,8,10,12H,1,3,5-7,9H2. The van der Waals surface area contributed by atoms with Gasteiger partial charge in [-0.2, -0.15) is 0 Å². The van der Waals surface area contributed by atoms with Gasteiger partial charge in [-0.05, 0) is 37.8 Å². The van der Waals surface area contributed by atoms with Crippen LogP contribution in [0.3, 0.4) is 0 Å². The quantitative estimate of drug-likeness (QED) is 0.714. The Morgan fingerprint density at radius 3 is 3.19 bits per heavy atom. The molecule has 1 aromatic rings. The third-order valence-electron chi connectivity index (χ3n) is 2.94. The molecule has 3 nitrogen and oxygen atoms in total. The van der Waals surface area contributed by atoms with Gasteiger partial charge in [0.25, 0.3) is 0 Å². The van der Waals surface area contributed by atoms with Crippen molar-refractivity contribution >= 4 is 5.78 Å². The third kappa shape index (κ3) is 3.14. The molecule has 0 amide bonds. The molecule has 1 fully saturated rings. The third-order valence-corrected chi connectivity index (χ3v) is 2.94. The first kappa shape index (κ1) is 11.3. The molecule has 0 radical (unpaired) electrons. The average molecular weight is 219 g/mol. The Labute approximate surface area is 95.8 Å². The van der Waals surface area contributed by atoms with Crippen LogP contribution in [0, 0.1) is 0 Å². The van der Waals surface area contributed by atoms with Crippen LogP contribution in [-0.2, 0) is 4.74 Å². The van der Waals surface area contributed by atoms with Gasteiger partial charge in [-0.3, -0.25) is 9.78 Å². The Kier molecular flexibility index (Phi) is 4.05. The van der Waals surface area contributed by atoms with E-state index in [4.69, 9.17) is 4.74 Å². The van der Waals surface area contributed by atoms with Crippen LogP contribution in [0.25, 0.3) is 0 Å². The van der Waals surface area contributed by atoms with E-state index >= 15 is 0 Å². The average Bonchev–Trinajstić information content (AvgIpc) is 2.83. The molecule has 0 spiro atoms. The molecule has 2 heterocycles. The number of rotatable bonds is 5. The van der Waals surface area contributed by atoms with Crippen LogP contribution in [0.2, 0.25) is 0 Å². The highest BCUT2D eigenvalue weighted by molar-refractivity contribution is 5.95. The lowest BCUT2D eigenvalue weighted by molar-refractivity contribution is 0.0922. The molecule has 1 aliphatic heterocycles. The van der Waals surface area contributed by atoms with Gasteiger partial charge < -0.3 is 4.74 Å². The van der Waals surface area contributed by atoms with Gasteiger partial charge in [0.2, 0.25) is 0 Å². The van der Waals surface area contributed by atoms with Crippen molar-refractivity contribution in [1.82, 2.24) is 4.98 Å². The molecule has 1 aliphatic rings. The Hall–Kier alpha value is -1.22. The first-order valence-electron chi connectivity index (χ1n) is 5.91. The summed E-state index contributed by atoms with van der Waals surface area (Å²) in [5.41, 5.74) is 0.717. The molecule has 3 heteroatoms. The first-order valence-corrected chi connectivity index (χ1v) is 5.91. The SMILES string of the molecule is O=C(CCCC1CCCO1)c1cccnc1. The predicted molar refractivity (Wildman–Crippen MR) is 61.4 cm³/mol. The minimum absolute atomic E-state index is 0.186. The molecule has 1 unspecified atom stereocenters. The summed E-state index contributed by atoms with van der Waals surface area (Å²) in [5, 5.41) is 0. The smallest absolute Gasteiger partial charge is 0.164 e. The molecule has 0 bridgehead atoms. The molecule has 0 saturated carbocycles. The lowest BCUT2D eigenvalue weighted by Crippen LogP contribution is -2.06. The lowest BCUT2D eigenvalue weighted by Gasteiger charge is -2.07. The maximum absolute atomic E-state index is 11.7. The Morgan fingerprint density at radius 1 is 1.56 bits per heavy atom. The zero-order valence-corrected chi connectivity index (χ0v) is 9.39. The summed E-state index contributed by atoms with van der Waals surface area (Å²) in [5.74, 6) is 0.186. The molecular weight excluding hydrogens is 202 g/mol. The lowest BCUT2D eigenvalue weighted by atomic mass is 10.0. The van der Waals surface area contributed by atoms with Crippen molar-refractivity contribution in [2.75, 3.05) is 6.61 Å². The molecule has 1 atom stereocenters. The number of ketones is 1. The van der Waals surface area contributed by atoms with Crippen LogP contribution in [0.5, 0.6) is 0 Å². The van der Waals surface area contributed by atoms with Crippen molar-refractivity contribution in [1.29, 1.82) is 0 Å². The van der Waals surface area contributed by atoms with Crippen LogP contribution in [0.4, 0.5) is 0 Å². The van der Waals surface area contributed by atoms with Crippen LogP contribution in [-0.4, -0.2) is 23.5 Å².